The zero-order chi connectivity index (χ0) is 36.3. The number of fused-ring (bicyclic) bond motifs is 7. The van der Waals surface area contributed by atoms with E-state index in [0.29, 0.717) is 17.5 Å². The van der Waals surface area contributed by atoms with E-state index in [1.54, 1.807) is 0 Å². The fourth-order valence-corrected chi connectivity index (χ4v) is 7.88. The van der Waals surface area contributed by atoms with E-state index in [1.165, 1.54) is 37.9 Å². The molecule has 2 aromatic heterocycles. The monoisotopic (exact) mass is 701 g/mol. The summed E-state index contributed by atoms with van der Waals surface area (Å²) in [6, 6.07) is 65.9. The summed E-state index contributed by atoms with van der Waals surface area (Å²) in [5.41, 5.74) is 8.85. The molecule has 4 heteroatoms. The Kier molecular flexibility index (Phi) is 7.14. The number of aromatic nitrogens is 3. The zero-order valence-corrected chi connectivity index (χ0v) is 29.6. The number of hydrogen-bond acceptors (Lipinski definition) is 4. The van der Waals surface area contributed by atoms with Gasteiger partial charge in [-0.1, -0.05) is 164 Å². The summed E-state index contributed by atoms with van der Waals surface area (Å²) in [7, 11) is 0. The molecule has 11 aromatic rings. The van der Waals surface area contributed by atoms with Gasteiger partial charge in [0.2, 0.25) is 0 Å². The van der Waals surface area contributed by atoms with Crippen LogP contribution in [0.5, 0.6) is 0 Å². The van der Waals surface area contributed by atoms with Gasteiger partial charge in [-0.2, -0.15) is 0 Å². The van der Waals surface area contributed by atoms with Crippen molar-refractivity contribution in [2.75, 3.05) is 0 Å². The molecule has 0 radical (unpaired) electrons. The average Bonchev–Trinajstić information content (AvgIpc) is 3.64. The summed E-state index contributed by atoms with van der Waals surface area (Å²) >= 11 is 0. The highest BCUT2D eigenvalue weighted by molar-refractivity contribution is 6.12. The molecule has 0 aliphatic rings. The van der Waals surface area contributed by atoms with Crippen molar-refractivity contribution in [1.82, 2.24) is 15.0 Å². The van der Waals surface area contributed by atoms with E-state index in [1.807, 2.05) is 30.3 Å². The average molecular weight is 702 g/mol. The van der Waals surface area contributed by atoms with Crippen LogP contribution in [0, 0.1) is 0 Å². The maximum absolute atomic E-state index is 6.72. The summed E-state index contributed by atoms with van der Waals surface area (Å²) in [6.07, 6.45) is 0. The van der Waals surface area contributed by atoms with Gasteiger partial charge in [-0.15, -0.1) is 0 Å². The highest BCUT2D eigenvalue weighted by atomic mass is 16.3. The van der Waals surface area contributed by atoms with Gasteiger partial charge in [-0.05, 0) is 73.3 Å². The third-order valence-electron chi connectivity index (χ3n) is 10.7. The summed E-state index contributed by atoms with van der Waals surface area (Å²) in [4.78, 5) is 15.0. The normalized spacial score (nSPS) is 11.6. The summed E-state index contributed by atoms with van der Waals surface area (Å²) < 4.78 is 6.72. The molecule has 0 saturated carbocycles. The predicted octanol–water partition coefficient (Wildman–Crippen LogP) is 13.6. The first-order valence-electron chi connectivity index (χ1n) is 18.5. The van der Waals surface area contributed by atoms with E-state index >= 15 is 0 Å². The van der Waals surface area contributed by atoms with E-state index in [2.05, 4.69) is 158 Å². The third kappa shape index (κ3) is 5.43. The summed E-state index contributed by atoms with van der Waals surface area (Å²) in [6.45, 7) is 0. The molecule has 9 aromatic carbocycles. The maximum atomic E-state index is 6.72. The summed E-state index contributed by atoms with van der Waals surface area (Å²) in [5.74, 6) is 1.83. The lowest BCUT2D eigenvalue weighted by molar-refractivity contribution is 0.670. The van der Waals surface area contributed by atoms with Gasteiger partial charge in [0.15, 0.2) is 17.5 Å². The van der Waals surface area contributed by atoms with Crippen molar-refractivity contribution in [2.24, 2.45) is 0 Å². The van der Waals surface area contributed by atoms with Gasteiger partial charge >= 0.3 is 0 Å². The van der Waals surface area contributed by atoms with E-state index in [4.69, 9.17) is 19.4 Å². The van der Waals surface area contributed by atoms with E-state index in [-0.39, 0.29) is 0 Å². The second kappa shape index (κ2) is 12.6. The first-order valence-corrected chi connectivity index (χ1v) is 18.5. The molecule has 0 unspecified atom stereocenters. The molecule has 0 bridgehead atoms. The number of furan rings is 1. The highest BCUT2D eigenvalue weighted by Gasteiger charge is 2.17. The first kappa shape index (κ1) is 31.1. The van der Waals surface area contributed by atoms with Crippen LogP contribution in [0.25, 0.3) is 111 Å². The van der Waals surface area contributed by atoms with Crippen molar-refractivity contribution in [1.29, 1.82) is 0 Å². The van der Waals surface area contributed by atoms with E-state index in [9.17, 15) is 0 Å². The van der Waals surface area contributed by atoms with Crippen molar-refractivity contribution in [3.05, 3.63) is 188 Å². The molecule has 256 valence electrons. The molecule has 11 rings (SSSR count). The number of rotatable bonds is 5. The molecule has 0 amide bonds. The maximum Gasteiger partial charge on any atom is 0.164 e. The lowest BCUT2D eigenvalue weighted by Crippen LogP contribution is -2.00. The van der Waals surface area contributed by atoms with Crippen molar-refractivity contribution in [3.63, 3.8) is 0 Å². The van der Waals surface area contributed by atoms with Crippen LogP contribution in [0.3, 0.4) is 0 Å². The number of hydrogen-bond donors (Lipinski definition) is 0. The fraction of sp³-hybridized carbons (Fsp3) is 0. The van der Waals surface area contributed by atoms with Crippen molar-refractivity contribution >= 4 is 54.3 Å². The predicted molar refractivity (Wildman–Crippen MR) is 227 cm³/mol. The van der Waals surface area contributed by atoms with Crippen LogP contribution < -0.4 is 0 Å². The van der Waals surface area contributed by atoms with E-state index in [0.717, 1.165) is 55.3 Å². The minimum absolute atomic E-state index is 0.590. The Morgan fingerprint density at radius 1 is 0.291 bits per heavy atom. The lowest BCUT2D eigenvalue weighted by Gasteiger charge is -2.09. The Morgan fingerprint density at radius 2 is 0.836 bits per heavy atom. The first-order chi connectivity index (χ1) is 27.2. The molecule has 0 spiro atoms. The van der Waals surface area contributed by atoms with Crippen molar-refractivity contribution in [2.45, 2.75) is 0 Å². The molecule has 4 nitrogen and oxygen atoms in total. The van der Waals surface area contributed by atoms with Gasteiger partial charge in [0.25, 0.3) is 0 Å². The van der Waals surface area contributed by atoms with Crippen LogP contribution in [0.1, 0.15) is 0 Å². The molecular weight excluding hydrogens is 671 g/mol. The lowest BCUT2D eigenvalue weighted by atomic mass is 9.96. The molecule has 0 N–H and O–H groups in total. The van der Waals surface area contributed by atoms with Gasteiger partial charge in [0, 0.05) is 33.0 Å². The number of nitrogens with zero attached hydrogens (tertiary/aromatic N) is 3. The molecule has 2 heterocycles. The Balaban J connectivity index is 0.997. The Labute approximate surface area is 317 Å². The molecular formula is C51H31N3O. The SMILES string of the molecule is c1ccc(-c2nc(-c3ccc(-c4ccc5ccccc5c4)cc3)nc(-c3ccc4c(c3)oc3c(-c5ccc6c(ccc7ccccc76)c5)cccc34)n2)cc1. The Morgan fingerprint density at radius 3 is 1.67 bits per heavy atom. The van der Waals surface area contributed by atoms with Crippen molar-refractivity contribution < 1.29 is 4.42 Å². The number of benzene rings is 9. The number of para-hydroxylation sites is 1. The van der Waals surface area contributed by atoms with Gasteiger partial charge in [0.1, 0.15) is 11.2 Å². The van der Waals surface area contributed by atoms with Gasteiger partial charge in [0.05, 0.1) is 0 Å². The smallest absolute Gasteiger partial charge is 0.164 e. The van der Waals surface area contributed by atoms with Crippen LogP contribution in [0.2, 0.25) is 0 Å². The van der Waals surface area contributed by atoms with E-state index < -0.39 is 0 Å². The van der Waals surface area contributed by atoms with Crippen LogP contribution in [-0.4, -0.2) is 15.0 Å². The largest absolute Gasteiger partial charge is 0.455 e. The summed E-state index contributed by atoms with van der Waals surface area (Å²) in [5, 5.41) is 9.53. The zero-order valence-electron chi connectivity index (χ0n) is 29.6. The van der Waals surface area contributed by atoms with Crippen LogP contribution in [0.15, 0.2) is 192 Å². The molecule has 0 aliphatic heterocycles. The third-order valence-corrected chi connectivity index (χ3v) is 10.7. The van der Waals surface area contributed by atoms with Crippen LogP contribution in [-0.2, 0) is 0 Å². The minimum Gasteiger partial charge on any atom is -0.455 e. The topological polar surface area (TPSA) is 51.8 Å². The molecule has 55 heavy (non-hydrogen) atoms. The second-order valence-corrected chi connectivity index (χ2v) is 14.0. The molecule has 0 fully saturated rings. The fourth-order valence-electron chi connectivity index (χ4n) is 7.88. The standard InChI is InChI=1S/C51H31N3O/c1-2-11-35(12-3-1)49-52-50(36-21-17-33(18-22-36)38-23-19-32-9-4-5-13-37(32)29-38)54-51(53-49)41-26-28-45-46-16-8-15-44(48(46)55-47(45)31-41)40-25-27-43-39(30-40)24-20-34-10-6-7-14-42(34)43/h1-31H. The Hall–Kier alpha value is -7.43. The van der Waals surface area contributed by atoms with Crippen molar-refractivity contribution in [3.8, 4) is 56.4 Å². The molecule has 0 saturated heterocycles. The molecule has 0 atom stereocenters. The van der Waals surface area contributed by atoms with Gasteiger partial charge in [-0.25, -0.2) is 15.0 Å². The molecule has 0 aliphatic carbocycles. The van der Waals surface area contributed by atoms with Gasteiger partial charge in [-0.3, -0.25) is 0 Å². The second-order valence-electron chi connectivity index (χ2n) is 14.0. The highest BCUT2D eigenvalue weighted by Crippen LogP contribution is 2.39. The van der Waals surface area contributed by atoms with Gasteiger partial charge < -0.3 is 4.42 Å². The quantitative estimate of drug-likeness (QED) is 0.168. The van der Waals surface area contributed by atoms with Crippen LogP contribution in [0.4, 0.5) is 0 Å². The van der Waals surface area contributed by atoms with Crippen LogP contribution >= 0.6 is 0 Å². The Bertz CT molecular complexity index is 3260. The minimum atomic E-state index is 0.590.